The summed E-state index contributed by atoms with van der Waals surface area (Å²) in [5.41, 5.74) is 4.72. The summed E-state index contributed by atoms with van der Waals surface area (Å²) >= 11 is 0. The fraction of sp³-hybridized carbons (Fsp3) is 0.286. The third-order valence-electron chi connectivity index (χ3n) is 1.68. The number of nitrogens with zero attached hydrogens (tertiary/aromatic N) is 1. The number of halogens is 3. The summed E-state index contributed by atoms with van der Waals surface area (Å²) in [6.07, 6.45) is -1.99. The van der Waals surface area contributed by atoms with Crippen LogP contribution < -0.4 is 5.73 Å². The van der Waals surface area contributed by atoms with E-state index >= 15 is 0 Å². The van der Waals surface area contributed by atoms with Gasteiger partial charge in [0.1, 0.15) is 10.6 Å². The van der Waals surface area contributed by atoms with Crippen LogP contribution >= 0.6 is 10.7 Å². The van der Waals surface area contributed by atoms with E-state index in [1.54, 1.807) is 0 Å². The van der Waals surface area contributed by atoms with Gasteiger partial charge in [-0.2, -0.15) is 0 Å². The van der Waals surface area contributed by atoms with E-state index in [9.17, 15) is 17.2 Å². The lowest BCUT2D eigenvalue weighted by atomic mass is 10.2. The lowest BCUT2D eigenvalue weighted by Gasteiger charge is -2.06. The standard InChI is InChI=1S/C7H7ClF2N2O2S/c8-15(13,14)6-3-12-5(7(9)10)1-4(6)2-11/h1,3,7H,2,11H2. The van der Waals surface area contributed by atoms with Crippen LogP contribution in [-0.4, -0.2) is 13.4 Å². The quantitative estimate of drug-likeness (QED) is 0.830. The van der Waals surface area contributed by atoms with Crippen LogP contribution in [0.25, 0.3) is 0 Å². The second-order valence-corrected chi connectivity index (χ2v) is 5.19. The lowest BCUT2D eigenvalue weighted by Crippen LogP contribution is -2.06. The zero-order valence-corrected chi connectivity index (χ0v) is 8.89. The minimum atomic E-state index is -4.00. The molecule has 0 spiro atoms. The van der Waals surface area contributed by atoms with E-state index in [1.807, 2.05) is 0 Å². The van der Waals surface area contributed by atoms with Crippen molar-refractivity contribution in [1.82, 2.24) is 4.98 Å². The Labute approximate surface area is 89.5 Å². The molecule has 0 amide bonds. The Kier molecular flexibility index (Phi) is 3.58. The van der Waals surface area contributed by atoms with E-state index in [0.717, 1.165) is 12.3 Å². The minimum absolute atomic E-state index is 0.0234. The Morgan fingerprint density at radius 1 is 1.53 bits per heavy atom. The van der Waals surface area contributed by atoms with Crippen LogP contribution in [0.15, 0.2) is 17.2 Å². The Morgan fingerprint density at radius 2 is 2.13 bits per heavy atom. The summed E-state index contributed by atoms with van der Waals surface area (Å²) < 4.78 is 46.4. The van der Waals surface area contributed by atoms with Crippen molar-refractivity contribution in [2.24, 2.45) is 5.73 Å². The average Bonchev–Trinajstić information content (AvgIpc) is 2.15. The van der Waals surface area contributed by atoms with Gasteiger partial charge < -0.3 is 5.73 Å². The van der Waals surface area contributed by atoms with E-state index in [1.165, 1.54) is 0 Å². The molecule has 0 saturated carbocycles. The molecule has 1 rings (SSSR count). The molecular formula is C7H7ClF2N2O2S. The molecule has 2 N–H and O–H groups in total. The molecule has 0 aliphatic rings. The van der Waals surface area contributed by atoms with Crippen molar-refractivity contribution in [3.63, 3.8) is 0 Å². The van der Waals surface area contributed by atoms with E-state index < -0.39 is 21.2 Å². The molecule has 15 heavy (non-hydrogen) atoms. The first-order valence-electron chi connectivity index (χ1n) is 3.78. The molecule has 0 aromatic carbocycles. The molecule has 84 valence electrons. The van der Waals surface area contributed by atoms with Crippen molar-refractivity contribution in [1.29, 1.82) is 0 Å². The maximum atomic E-state index is 12.2. The van der Waals surface area contributed by atoms with E-state index in [-0.39, 0.29) is 17.0 Å². The maximum Gasteiger partial charge on any atom is 0.280 e. The molecule has 0 aliphatic heterocycles. The van der Waals surface area contributed by atoms with Crippen LogP contribution in [0.1, 0.15) is 17.7 Å². The highest BCUT2D eigenvalue weighted by molar-refractivity contribution is 8.13. The third-order valence-corrected chi connectivity index (χ3v) is 3.07. The fourth-order valence-electron chi connectivity index (χ4n) is 1.00. The van der Waals surface area contributed by atoms with Crippen molar-refractivity contribution in [2.75, 3.05) is 0 Å². The van der Waals surface area contributed by atoms with Gasteiger partial charge in [-0.25, -0.2) is 17.2 Å². The van der Waals surface area contributed by atoms with Gasteiger partial charge >= 0.3 is 0 Å². The highest BCUT2D eigenvalue weighted by Gasteiger charge is 2.18. The summed E-state index contributed by atoms with van der Waals surface area (Å²) in [5.74, 6) is 0. The van der Waals surface area contributed by atoms with Gasteiger partial charge in [0.15, 0.2) is 0 Å². The SMILES string of the molecule is NCc1cc(C(F)F)ncc1S(=O)(=O)Cl. The number of hydrogen-bond donors (Lipinski definition) is 1. The Hall–Kier alpha value is -0.790. The molecule has 0 saturated heterocycles. The van der Waals surface area contributed by atoms with Crippen LogP contribution in [0.4, 0.5) is 8.78 Å². The average molecular weight is 257 g/mol. The molecule has 0 atom stereocenters. The van der Waals surface area contributed by atoms with Gasteiger partial charge in [-0.1, -0.05) is 0 Å². The summed E-state index contributed by atoms with van der Waals surface area (Å²) in [4.78, 5) is 2.95. The van der Waals surface area contributed by atoms with E-state index in [4.69, 9.17) is 16.4 Å². The number of alkyl halides is 2. The highest BCUT2D eigenvalue weighted by atomic mass is 35.7. The van der Waals surface area contributed by atoms with Gasteiger partial charge in [0.25, 0.3) is 15.5 Å². The molecular weight excluding hydrogens is 250 g/mol. The summed E-state index contributed by atoms with van der Waals surface area (Å²) in [6.45, 7) is -0.205. The lowest BCUT2D eigenvalue weighted by molar-refractivity contribution is 0.146. The van der Waals surface area contributed by atoms with Crippen molar-refractivity contribution < 1.29 is 17.2 Å². The monoisotopic (exact) mass is 256 g/mol. The molecule has 0 radical (unpaired) electrons. The van der Waals surface area contributed by atoms with Gasteiger partial charge in [-0.3, -0.25) is 4.98 Å². The van der Waals surface area contributed by atoms with Crippen LogP contribution in [0, 0.1) is 0 Å². The predicted octanol–water partition coefficient (Wildman–Crippen LogP) is 1.41. The summed E-state index contributed by atoms with van der Waals surface area (Å²) in [6, 6.07) is 0.930. The van der Waals surface area contributed by atoms with Crippen molar-refractivity contribution in [3.05, 3.63) is 23.5 Å². The molecule has 1 aromatic heterocycles. The normalized spacial score (nSPS) is 12.1. The first-order chi connectivity index (χ1) is 6.86. The second kappa shape index (κ2) is 4.38. The van der Waals surface area contributed by atoms with Crippen molar-refractivity contribution >= 4 is 19.7 Å². The first-order valence-corrected chi connectivity index (χ1v) is 6.09. The fourth-order valence-corrected chi connectivity index (χ4v) is 2.05. The number of rotatable bonds is 3. The van der Waals surface area contributed by atoms with Crippen molar-refractivity contribution in [2.45, 2.75) is 17.9 Å². The van der Waals surface area contributed by atoms with Crippen molar-refractivity contribution in [3.8, 4) is 0 Å². The Morgan fingerprint density at radius 3 is 2.53 bits per heavy atom. The van der Waals surface area contributed by atoms with E-state index in [2.05, 4.69) is 4.98 Å². The third kappa shape index (κ3) is 2.83. The molecule has 8 heteroatoms. The molecule has 1 aromatic rings. The van der Waals surface area contributed by atoms with Crippen LogP contribution in [0.3, 0.4) is 0 Å². The summed E-state index contributed by atoms with van der Waals surface area (Å²) in [5, 5.41) is 0. The number of nitrogens with two attached hydrogens (primary N) is 1. The second-order valence-electron chi connectivity index (χ2n) is 2.66. The molecule has 0 unspecified atom stereocenters. The first kappa shape index (κ1) is 12.3. The van der Waals surface area contributed by atoms with Gasteiger partial charge in [0, 0.05) is 23.4 Å². The largest absolute Gasteiger partial charge is 0.326 e. The van der Waals surface area contributed by atoms with Gasteiger partial charge in [0.2, 0.25) is 0 Å². The van der Waals surface area contributed by atoms with Gasteiger partial charge in [-0.05, 0) is 11.6 Å². The number of aromatic nitrogens is 1. The molecule has 4 nitrogen and oxygen atoms in total. The summed E-state index contributed by atoms with van der Waals surface area (Å²) in [7, 11) is 1.06. The maximum absolute atomic E-state index is 12.2. The van der Waals surface area contributed by atoms with Crippen LogP contribution in [0.2, 0.25) is 0 Å². The Balaban J connectivity index is 3.34. The topological polar surface area (TPSA) is 73.0 Å². The number of pyridine rings is 1. The van der Waals surface area contributed by atoms with Gasteiger partial charge in [-0.15, -0.1) is 0 Å². The Bertz CT molecular complexity index is 464. The van der Waals surface area contributed by atoms with Gasteiger partial charge in [0.05, 0.1) is 0 Å². The van der Waals surface area contributed by atoms with E-state index in [0.29, 0.717) is 0 Å². The highest BCUT2D eigenvalue weighted by Crippen LogP contribution is 2.23. The zero-order chi connectivity index (χ0) is 11.6. The zero-order valence-electron chi connectivity index (χ0n) is 7.32. The van der Waals surface area contributed by atoms with Crippen LogP contribution in [0.5, 0.6) is 0 Å². The smallest absolute Gasteiger partial charge is 0.280 e. The predicted molar refractivity (Wildman–Crippen MR) is 50.1 cm³/mol. The molecule has 0 aliphatic carbocycles. The number of hydrogen-bond acceptors (Lipinski definition) is 4. The molecule has 0 fully saturated rings. The minimum Gasteiger partial charge on any atom is -0.326 e. The molecule has 0 bridgehead atoms. The van der Waals surface area contributed by atoms with Crippen LogP contribution in [-0.2, 0) is 15.6 Å². The molecule has 1 heterocycles.